The van der Waals surface area contributed by atoms with Gasteiger partial charge in [0.05, 0.1) is 19.9 Å². The van der Waals surface area contributed by atoms with Gasteiger partial charge in [0.2, 0.25) is 5.76 Å². The number of rotatable bonds is 6. The molecular formula is C17H22N2O5. The van der Waals surface area contributed by atoms with Crippen molar-refractivity contribution in [3.8, 4) is 0 Å². The Kier molecular flexibility index (Phi) is 5.11. The quantitative estimate of drug-likeness (QED) is 0.491. The molecule has 1 unspecified atom stereocenters. The van der Waals surface area contributed by atoms with E-state index in [-0.39, 0.29) is 18.2 Å². The highest BCUT2D eigenvalue weighted by molar-refractivity contribution is 6.06. The summed E-state index contributed by atoms with van der Waals surface area (Å²) in [5.41, 5.74) is 0.644. The Bertz CT molecular complexity index is 687. The molecule has 1 saturated heterocycles. The largest absolute Gasteiger partial charge is 0.463 e. The molecule has 0 radical (unpaired) electrons. The van der Waals surface area contributed by atoms with Crippen molar-refractivity contribution < 1.29 is 23.5 Å². The van der Waals surface area contributed by atoms with Gasteiger partial charge in [-0.15, -0.1) is 0 Å². The van der Waals surface area contributed by atoms with E-state index in [0.29, 0.717) is 18.4 Å². The first-order valence-corrected chi connectivity index (χ1v) is 7.70. The fraction of sp³-hybridized carbons (Fsp3) is 0.471. The van der Waals surface area contributed by atoms with E-state index in [0.717, 1.165) is 10.5 Å². The van der Waals surface area contributed by atoms with E-state index in [2.05, 4.69) is 10.1 Å². The average molecular weight is 334 g/mol. The predicted octanol–water partition coefficient (Wildman–Crippen LogP) is 2.62. The summed E-state index contributed by atoms with van der Waals surface area (Å²) in [6.45, 7) is 5.64. The first-order valence-electron chi connectivity index (χ1n) is 7.70. The van der Waals surface area contributed by atoms with Crippen molar-refractivity contribution in [3.63, 3.8) is 0 Å². The fourth-order valence-corrected chi connectivity index (χ4v) is 2.61. The van der Waals surface area contributed by atoms with Crippen LogP contribution in [0.1, 0.15) is 49.7 Å². The summed E-state index contributed by atoms with van der Waals surface area (Å²) in [5, 5.41) is 2.74. The minimum Gasteiger partial charge on any atom is -0.463 e. The zero-order valence-electron chi connectivity index (χ0n) is 14.3. The average Bonchev–Trinajstić information content (AvgIpc) is 3.05. The van der Waals surface area contributed by atoms with Gasteiger partial charge in [-0.05, 0) is 39.7 Å². The minimum absolute atomic E-state index is 0.00348. The topological polar surface area (TPSA) is 88.8 Å². The van der Waals surface area contributed by atoms with E-state index in [1.165, 1.54) is 13.4 Å². The Morgan fingerprint density at radius 1 is 1.42 bits per heavy atom. The molecule has 130 valence electrons. The number of nitrogens with one attached hydrogen (secondary N) is 1. The molecular weight excluding hydrogens is 312 g/mol. The highest BCUT2D eigenvalue weighted by Crippen LogP contribution is 2.26. The molecule has 3 amide bonds. The molecule has 0 spiro atoms. The molecule has 24 heavy (non-hydrogen) atoms. The van der Waals surface area contributed by atoms with Crippen LogP contribution in [0.3, 0.4) is 0 Å². The van der Waals surface area contributed by atoms with Crippen molar-refractivity contribution in [1.29, 1.82) is 0 Å². The van der Waals surface area contributed by atoms with Crippen LogP contribution in [0.5, 0.6) is 0 Å². The third-order valence-electron chi connectivity index (χ3n) is 3.99. The first-order chi connectivity index (χ1) is 11.3. The summed E-state index contributed by atoms with van der Waals surface area (Å²) in [4.78, 5) is 37.6. The van der Waals surface area contributed by atoms with Crippen LogP contribution in [0.4, 0.5) is 4.79 Å². The lowest BCUT2D eigenvalue weighted by molar-refractivity contribution is -0.131. The second kappa shape index (κ2) is 6.90. The van der Waals surface area contributed by atoms with Crippen molar-refractivity contribution in [1.82, 2.24) is 10.2 Å². The van der Waals surface area contributed by atoms with E-state index in [1.807, 2.05) is 19.9 Å². The van der Waals surface area contributed by atoms with Crippen LogP contribution in [0.2, 0.25) is 0 Å². The lowest BCUT2D eigenvalue weighted by atomic mass is 9.95. The van der Waals surface area contributed by atoms with E-state index < -0.39 is 17.5 Å². The highest BCUT2D eigenvalue weighted by atomic mass is 16.5. The van der Waals surface area contributed by atoms with Crippen LogP contribution in [-0.2, 0) is 16.1 Å². The van der Waals surface area contributed by atoms with Gasteiger partial charge in [0, 0.05) is 5.56 Å². The number of amides is 3. The molecule has 1 N–H and O–H groups in total. The summed E-state index contributed by atoms with van der Waals surface area (Å²) in [6, 6.07) is 1.07. The van der Waals surface area contributed by atoms with Gasteiger partial charge in [-0.25, -0.2) is 9.59 Å². The number of hydrogen-bond donors (Lipinski definition) is 1. The maximum Gasteiger partial charge on any atom is 0.374 e. The number of urea groups is 1. The predicted molar refractivity (Wildman–Crippen MR) is 86.2 cm³/mol. The van der Waals surface area contributed by atoms with E-state index >= 15 is 0 Å². The lowest BCUT2D eigenvalue weighted by Gasteiger charge is -2.21. The molecule has 1 aliphatic rings. The number of hydrogen-bond acceptors (Lipinski definition) is 5. The Morgan fingerprint density at radius 2 is 2.12 bits per heavy atom. The smallest absolute Gasteiger partial charge is 0.374 e. The van der Waals surface area contributed by atoms with Crippen molar-refractivity contribution in [2.75, 3.05) is 7.11 Å². The Morgan fingerprint density at radius 3 is 2.75 bits per heavy atom. The first kappa shape index (κ1) is 17.8. The van der Waals surface area contributed by atoms with Gasteiger partial charge in [-0.2, -0.15) is 0 Å². The molecule has 0 saturated carbocycles. The Balaban J connectivity index is 2.14. The number of ether oxygens (including phenoxy) is 1. The third-order valence-corrected chi connectivity index (χ3v) is 3.99. The van der Waals surface area contributed by atoms with E-state index in [1.54, 1.807) is 13.0 Å². The van der Waals surface area contributed by atoms with Crippen LogP contribution in [0.25, 0.3) is 0 Å². The van der Waals surface area contributed by atoms with E-state index in [9.17, 15) is 14.4 Å². The maximum absolute atomic E-state index is 12.7. The summed E-state index contributed by atoms with van der Waals surface area (Å²) < 4.78 is 9.72. The summed E-state index contributed by atoms with van der Waals surface area (Å²) in [7, 11) is 1.24. The number of esters is 1. The van der Waals surface area contributed by atoms with Crippen LogP contribution in [0, 0.1) is 0 Å². The Hall–Kier alpha value is -2.57. The van der Waals surface area contributed by atoms with Gasteiger partial charge in [0.1, 0.15) is 5.54 Å². The van der Waals surface area contributed by atoms with Crippen LogP contribution in [-0.4, -0.2) is 35.5 Å². The van der Waals surface area contributed by atoms with Gasteiger partial charge in [0.25, 0.3) is 5.91 Å². The molecule has 0 aliphatic carbocycles. The van der Waals surface area contributed by atoms with Gasteiger partial charge < -0.3 is 14.5 Å². The van der Waals surface area contributed by atoms with Gasteiger partial charge in [0.15, 0.2) is 0 Å². The highest BCUT2D eigenvalue weighted by Gasteiger charge is 2.47. The normalized spacial score (nSPS) is 20.1. The molecule has 2 heterocycles. The second-order valence-electron chi connectivity index (χ2n) is 6.24. The van der Waals surface area contributed by atoms with Crippen LogP contribution in [0.15, 0.2) is 28.4 Å². The second-order valence-corrected chi connectivity index (χ2v) is 6.24. The maximum atomic E-state index is 12.7. The molecule has 1 aromatic rings. The van der Waals surface area contributed by atoms with E-state index in [4.69, 9.17) is 4.42 Å². The summed E-state index contributed by atoms with van der Waals surface area (Å²) in [6.07, 6.45) is 4.55. The number of carbonyl (C=O) groups is 3. The molecule has 1 aliphatic heterocycles. The van der Waals surface area contributed by atoms with Crippen LogP contribution >= 0.6 is 0 Å². The van der Waals surface area contributed by atoms with Gasteiger partial charge >= 0.3 is 12.0 Å². The van der Waals surface area contributed by atoms with Gasteiger partial charge in [-0.1, -0.05) is 11.6 Å². The Labute approximate surface area is 140 Å². The minimum atomic E-state index is -0.946. The number of allylic oxidation sites excluding steroid dienone is 2. The van der Waals surface area contributed by atoms with Gasteiger partial charge in [-0.3, -0.25) is 9.69 Å². The number of furan rings is 1. The molecule has 0 bridgehead atoms. The van der Waals surface area contributed by atoms with Crippen molar-refractivity contribution >= 4 is 17.9 Å². The standard InChI is InChI=1S/C17H22N2O5/c1-11(2)6-5-8-17(3)15(21)19(16(22)18-17)10-12-7-9-24-13(12)14(20)23-4/h6-7,9H,5,8,10H2,1-4H3,(H,18,22). The number of nitrogens with zero attached hydrogens (tertiary/aromatic N) is 1. The molecule has 1 fully saturated rings. The molecule has 1 atom stereocenters. The molecule has 0 aromatic carbocycles. The fourth-order valence-electron chi connectivity index (χ4n) is 2.61. The van der Waals surface area contributed by atoms with Crippen molar-refractivity contribution in [2.24, 2.45) is 0 Å². The summed E-state index contributed by atoms with van der Waals surface area (Å²) >= 11 is 0. The van der Waals surface area contributed by atoms with Crippen molar-refractivity contribution in [2.45, 2.75) is 45.7 Å². The molecule has 7 heteroatoms. The number of methoxy groups -OCH3 is 1. The zero-order valence-corrected chi connectivity index (χ0v) is 14.3. The molecule has 7 nitrogen and oxygen atoms in total. The molecule has 2 rings (SSSR count). The zero-order chi connectivity index (χ0) is 17.9. The third kappa shape index (κ3) is 3.50. The number of imide groups is 1. The monoisotopic (exact) mass is 334 g/mol. The lowest BCUT2D eigenvalue weighted by Crippen LogP contribution is -2.43. The summed E-state index contributed by atoms with van der Waals surface area (Å²) in [5.74, 6) is -0.962. The molecule has 1 aromatic heterocycles. The number of carbonyl (C=O) groups excluding carboxylic acids is 3. The van der Waals surface area contributed by atoms with Crippen molar-refractivity contribution in [3.05, 3.63) is 35.3 Å². The van der Waals surface area contributed by atoms with Crippen LogP contribution < -0.4 is 5.32 Å². The SMILES string of the molecule is COC(=O)c1occc1CN1C(=O)NC(C)(CCC=C(C)C)C1=O.